The number of nitrogens with zero attached hydrogens (tertiary/aromatic N) is 3. The number of hydrogen-bond acceptors (Lipinski definition) is 6. The molecule has 1 N–H and O–H groups in total. The zero-order chi connectivity index (χ0) is 32.6. The summed E-state index contributed by atoms with van der Waals surface area (Å²) >= 11 is 5.43. The van der Waals surface area contributed by atoms with Gasteiger partial charge in [0, 0.05) is 41.1 Å². The molecule has 0 aliphatic carbocycles. The van der Waals surface area contributed by atoms with Gasteiger partial charge in [0.05, 0.1) is 29.8 Å². The van der Waals surface area contributed by atoms with Crippen molar-refractivity contribution in [1.82, 2.24) is 4.90 Å². The van der Waals surface area contributed by atoms with E-state index in [1.807, 2.05) is 73.7 Å². The van der Waals surface area contributed by atoms with Crippen LogP contribution in [0.5, 0.6) is 5.75 Å². The molecular weight excluding hydrogens is 666 g/mol. The number of aliphatic hydroxyl groups excluding tert-OH is 1. The lowest BCUT2D eigenvalue weighted by Gasteiger charge is -2.38. The molecule has 3 heterocycles. The van der Waals surface area contributed by atoms with Gasteiger partial charge in [0.15, 0.2) is 0 Å². The van der Waals surface area contributed by atoms with Gasteiger partial charge < -0.3 is 24.5 Å². The average Bonchev–Trinajstić information content (AvgIpc) is 3.65. The summed E-state index contributed by atoms with van der Waals surface area (Å²) in [6.07, 6.45) is 3.90. The highest BCUT2D eigenvalue weighted by atomic mass is 79.9. The molecule has 240 valence electrons. The van der Waals surface area contributed by atoms with Crippen LogP contribution in [0.15, 0.2) is 92.0 Å². The summed E-state index contributed by atoms with van der Waals surface area (Å²) in [5, 5.41) is 11.9. The van der Waals surface area contributed by atoms with Crippen molar-refractivity contribution in [2.24, 2.45) is 11.8 Å². The lowest BCUT2D eigenvalue weighted by atomic mass is 9.70. The third-order valence-electron chi connectivity index (χ3n) is 9.31. The van der Waals surface area contributed by atoms with Crippen LogP contribution in [-0.2, 0) is 14.4 Å². The van der Waals surface area contributed by atoms with Gasteiger partial charge in [-0.25, -0.2) is 0 Å². The Hall–Kier alpha value is -3.60. The van der Waals surface area contributed by atoms with Gasteiger partial charge in [-0.1, -0.05) is 58.4 Å². The number of benzene rings is 3. The fraction of sp³-hybridized carbons (Fsp3) is 0.361. The zero-order valence-corrected chi connectivity index (χ0v) is 28.2. The second-order valence-corrected chi connectivity index (χ2v) is 14.6. The van der Waals surface area contributed by atoms with Crippen LogP contribution in [0.3, 0.4) is 0 Å². The number of halogens is 1. The predicted octanol–water partition coefficient (Wildman–Crippen LogP) is 5.43. The molecule has 3 saturated heterocycles. The third-order valence-corrected chi connectivity index (χ3v) is 12.5. The normalized spacial score (nSPS) is 26.2. The first kappa shape index (κ1) is 32.3. The molecule has 3 aromatic carbocycles. The summed E-state index contributed by atoms with van der Waals surface area (Å²) in [5.41, 5.74) is 1.38. The van der Waals surface area contributed by atoms with Crippen molar-refractivity contribution in [1.29, 1.82) is 0 Å². The van der Waals surface area contributed by atoms with Gasteiger partial charge in [0.25, 0.3) is 5.91 Å². The maximum absolute atomic E-state index is 14.8. The predicted molar refractivity (Wildman–Crippen MR) is 188 cm³/mol. The van der Waals surface area contributed by atoms with E-state index in [4.69, 9.17) is 4.74 Å². The van der Waals surface area contributed by atoms with Crippen molar-refractivity contribution in [3.05, 3.63) is 92.0 Å². The van der Waals surface area contributed by atoms with Crippen molar-refractivity contribution >= 4 is 67.6 Å². The number of β-amino-alcohol motifs (C(OH)–C–C–N with tert-alkyl or cyclic N) is 1. The van der Waals surface area contributed by atoms with Gasteiger partial charge in [-0.3, -0.25) is 14.4 Å². The standard InChI is InChI=1S/C36H38BrN3O5S/c1-4-17-38(25-13-15-27(16-14-25)45-6-3)33(42)29-30-34(43)40(19-20-41)32(36(30)22-28(37)31(29)46-36)35(44)39(18-5-2)26-12-11-23-9-7-8-10-24(23)21-26/h4-5,7-16,21,28-32,41H,1-2,6,17-20,22H2,3H3/t28?,29-,30-,31-,32?,36?/m0/s1. The molecule has 0 saturated carbocycles. The molecule has 10 heteroatoms. The van der Waals surface area contributed by atoms with E-state index in [1.54, 1.807) is 33.7 Å². The maximum Gasteiger partial charge on any atom is 0.251 e. The van der Waals surface area contributed by atoms with Crippen LogP contribution in [0.2, 0.25) is 0 Å². The number of carbonyl (C=O) groups excluding carboxylic acids is 3. The number of anilines is 2. The van der Waals surface area contributed by atoms with Gasteiger partial charge >= 0.3 is 0 Å². The van der Waals surface area contributed by atoms with Gasteiger partial charge in [0.2, 0.25) is 11.8 Å². The van der Waals surface area contributed by atoms with E-state index in [9.17, 15) is 19.5 Å². The smallest absolute Gasteiger partial charge is 0.251 e. The Kier molecular flexibility index (Phi) is 9.32. The highest BCUT2D eigenvalue weighted by Crippen LogP contribution is 2.68. The number of alkyl halides is 1. The number of fused-ring (bicyclic) bond motifs is 2. The Morgan fingerprint density at radius 2 is 1.67 bits per heavy atom. The van der Waals surface area contributed by atoms with Crippen LogP contribution in [0.4, 0.5) is 11.4 Å². The molecule has 1 spiro atoms. The van der Waals surface area contributed by atoms with Gasteiger partial charge in [-0.15, -0.1) is 24.9 Å². The van der Waals surface area contributed by atoms with Crippen LogP contribution < -0.4 is 14.5 Å². The van der Waals surface area contributed by atoms with Gasteiger partial charge in [0.1, 0.15) is 11.8 Å². The molecule has 3 amide bonds. The molecule has 3 aliphatic rings. The lowest BCUT2D eigenvalue weighted by Crippen LogP contribution is -2.56. The van der Waals surface area contributed by atoms with Crippen LogP contribution in [0.25, 0.3) is 10.8 Å². The van der Waals surface area contributed by atoms with Crippen LogP contribution >= 0.6 is 27.7 Å². The quantitative estimate of drug-likeness (QED) is 0.200. The average molecular weight is 705 g/mol. The number of amides is 3. The van der Waals surface area contributed by atoms with E-state index in [2.05, 4.69) is 29.1 Å². The minimum Gasteiger partial charge on any atom is -0.494 e. The summed E-state index contributed by atoms with van der Waals surface area (Å²) in [4.78, 5) is 48.6. The first-order valence-corrected chi connectivity index (χ1v) is 17.4. The summed E-state index contributed by atoms with van der Waals surface area (Å²) in [6.45, 7) is 10.5. The third kappa shape index (κ3) is 5.34. The van der Waals surface area contributed by atoms with Gasteiger partial charge in [-0.05, 0) is 60.5 Å². The monoisotopic (exact) mass is 703 g/mol. The Labute approximate surface area is 282 Å². The Morgan fingerprint density at radius 3 is 2.33 bits per heavy atom. The van der Waals surface area contributed by atoms with Crippen molar-refractivity contribution in [3.63, 3.8) is 0 Å². The number of ether oxygens (including phenoxy) is 1. The van der Waals surface area contributed by atoms with E-state index >= 15 is 0 Å². The molecule has 6 atom stereocenters. The van der Waals surface area contributed by atoms with Crippen LogP contribution in [-0.4, -0.2) is 81.4 Å². The Balaban J connectivity index is 1.39. The molecule has 2 bridgehead atoms. The first-order valence-electron chi connectivity index (χ1n) is 15.6. The van der Waals surface area contributed by atoms with E-state index in [1.165, 1.54) is 4.90 Å². The molecule has 0 radical (unpaired) electrons. The number of rotatable bonds is 12. The van der Waals surface area contributed by atoms with E-state index in [0.29, 0.717) is 30.2 Å². The number of hydrogen-bond donors (Lipinski definition) is 1. The highest BCUT2D eigenvalue weighted by Gasteiger charge is 2.76. The molecule has 3 aliphatic heterocycles. The summed E-state index contributed by atoms with van der Waals surface area (Å²) < 4.78 is 4.75. The molecule has 3 fully saturated rings. The number of carbonyl (C=O) groups is 3. The van der Waals surface area contributed by atoms with E-state index in [0.717, 1.165) is 10.8 Å². The minimum atomic E-state index is -0.866. The fourth-order valence-corrected chi connectivity index (χ4v) is 11.1. The number of likely N-dealkylation sites (tertiary alicyclic amines) is 1. The highest BCUT2D eigenvalue weighted by molar-refractivity contribution is 9.09. The molecule has 0 aromatic heterocycles. The molecule has 6 rings (SSSR count). The first-order chi connectivity index (χ1) is 22.3. The van der Waals surface area contributed by atoms with Crippen molar-refractivity contribution in [3.8, 4) is 5.75 Å². The van der Waals surface area contributed by atoms with Crippen molar-refractivity contribution in [2.45, 2.75) is 34.2 Å². The van der Waals surface area contributed by atoms with Gasteiger partial charge in [-0.2, -0.15) is 0 Å². The SMILES string of the molecule is C=CCN(C(=O)C1N(CCO)C(=O)[C@@H]2[C@H](C(=O)N(CC=C)c3ccc(OCC)cc3)[C@H]3SC12CC3Br)c1ccc2ccccc2c1. The molecular formula is C36H38BrN3O5S. The van der Waals surface area contributed by atoms with E-state index in [-0.39, 0.29) is 54.0 Å². The summed E-state index contributed by atoms with van der Waals surface area (Å²) in [7, 11) is 0. The largest absolute Gasteiger partial charge is 0.494 e. The summed E-state index contributed by atoms with van der Waals surface area (Å²) in [5.74, 6) is -1.37. The second-order valence-electron chi connectivity index (χ2n) is 11.9. The molecule has 3 aromatic rings. The van der Waals surface area contributed by atoms with Crippen molar-refractivity contribution in [2.75, 3.05) is 42.6 Å². The van der Waals surface area contributed by atoms with E-state index < -0.39 is 22.6 Å². The van der Waals surface area contributed by atoms with Crippen molar-refractivity contribution < 1.29 is 24.2 Å². The topological polar surface area (TPSA) is 90.4 Å². The minimum absolute atomic E-state index is 0.00148. The number of thioether (sulfide) groups is 1. The Bertz CT molecular complexity index is 1670. The second kappa shape index (κ2) is 13.3. The Morgan fingerprint density at radius 1 is 1.02 bits per heavy atom. The molecule has 46 heavy (non-hydrogen) atoms. The lowest BCUT2D eigenvalue weighted by molar-refractivity contribution is -0.139. The van der Waals surface area contributed by atoms with Crippen LogP contribution in [0, 0.1) is 11.8 Å². The molecule has 8 nitrogen and oxygen atoms in total. The fourth-order valence-electron chi connectivity index (χ4n) is 7.50. The molecule has 3 unspecified atom stereocenters. The number of aliphatic hydroxyl groups is 1. The van der Waals surface area contributed by atoms with Crippen LogP contribution in [0.1, 0.15) is 13.3 Å². The maximum atomic E-state index is 14.8. The summed E-state index contributed by atoms with van der Waals surface area (Å²) in [6, 6.07) is 20.3. The zero-order valence-electron chi connectivity index (χ0n) is 25.8.